The third kappa shape index (κ3) is 4.95. The van der Waals surface area contributed by atoms with E-state index in [1.54, 1.807) is 6.92 Å². The zero-order chi connectivity index (χ0) is 20.3. The Balaban J connectivity index is 3.41. The lowest BCUT2D eigenvalue weighted by Crippen LogP contribution is -2.64. The Kier molecular flexibility index (Phi) is 6.79. The molecule has 1 rings (SSSR count). The maximum atomic E-state index is 12.0. The fourth-order valence-corrected chi connectivity index (χ4v) is 3.13. The lowest BCUT2D eigenvalue weighted by molar-refractivity contribution is -0.242. The fourth-order valence-electron chi connectivity index (χ4n) is 3.13. The van der Waals surface area contributed by atoms with Gasteiger partial charge in [0, 0.05) is 32.6 Å². The molecule has 0 spiro atoms. The van der Waals surface area contributed by atoms with Crippen LogP contribution in [0.5, 0.6) is 0 Å². The lowest BCUT2D eigenvalue weighted by Gasteiger charge is -2.51. The molecule has 4 unspecified atom stereocenters. The summed E-state index contributed by atoms with van der Waals surface area (Å²) in [6, 6.07) is 0. The van der Waals surface area contributed by atoms with Crippen molar-refractivity contribution in [1.29, 1.82) is 0 Å². The summed E-state index contributed by atoms with van der Waals surface area (Å²) in [7, 11) is 0. The number of hydrogen-bond acceptors (Lipinski definition) is 8. The highest BCUT2D eigenvalue weighted by Crippen LogP contribution is 2.47. The van der Waals surface area contributed by atoms with Crippen LogP contribution in [0.1, 0.15) is 61.3 Å². The maximum Gasteiger partial charge on any atom is 0.306 e. The second-order valence-electron chi connectivity index (χ2n) is 7.38. The molecule has 0 aromatic carbocycles. The highest BCUT2D eigenvalue weighted by atomic mass is 16.6. The summed E-state index contributed by atoms with van der Waals surface area (Å²) in [5, 5.41) is 0. The van der Waals surface area contributed by atoms with Gasteiger partial charge in [0.15, 0.2) is 17.8 Å². The highest BCUT2D eigenvalue weighted by Gasteiger charge is 2.59. The smallest absolute Gasteiger partial charge is 0.306 e. The molecule has 0 amide bonds. The van der Waals surface area contributed by atoms with Crippen LogP contribution >= 0.6 is 0 Å². The Bertz CT molecular complexity index is 582. The van der Waals surface area contributed by atoms with Crippen molar-refractivity contribution in [2.75, 3.05) is 0 Å². The third-order valence-corrected chi connectivity index (χ3v) is 4.87. The van der Waals surface area contributed by atoms with Crippen LogP contribution in [-0.2, 0) is 38.1 Å². The van der Waals surface area contributed by atoms with Crippen LogP contribution in [0.15, 0.2) is 0 Å². The summed E-state index contributed by atoms with van der Waals surface area (Å²) in [6.07, 6.45) is -2.50. The van der Waals surface area contributed by atoms with Crippen molar-refractivity contribution in [2.45, 2.75) is 85.2 Å². The Morgan fingerprint density at radius 3 is 1.92 bits per heavy atom. The minimum absolute atomic E-state index is 0.229. The van der Waals surface area contributed by atoms with E-state index in [4.69, 9.17) is 18.9 Å². The number of carbonyl (C=O) groups excluding carboxylic acids is 4. The maximum absolute atomic E-state index is 12.0. The number of rotatable bonds is 6. The molecule has 148 valence electrons. The predicted octanol–water partition coefficient (Wildman–Crippen LogP) is 1.92. The molecule has 1 heterocycles. The molecule has 0 bridgehead atoms. The normalized spacial score (nSPS) is 25.3. The standard InChI is InChI=1S/C18H28O8/c1-10(23-11(2)19)15(24-12(3)20)16(25-13(4)21)18(7)17(5,6)9-8-14(22)26-18/h10,15-16H,8-9H2,1-7H3. The van der Waals surface area contributed by atoms with Gasteiger partial charge in [-0.25, -0.2) is 0 Å². The monoisotopic (exact) mass is 372 g/mol. The highest BCUT2D eigenvalue weighted by molar-refractivity contribution is 5.72. The molecule has 26 heavy (non-hydrogen) atoms. The topological polar surface area (TPSA) is 105 Å². The second kappa shape index (κ2) is 8.05. The minimum Gasteiger partial charge on any atom is -0.459 e. The number of carbonyl (C=O) groups is 4. The van der Waals surface area contributed by atoms with Crippen molar-refractivity contribution in [2.24, 2.45) is 5.41 Å². The van der Waals surface area contributed by atoms with Crippen LogP contribution in [0, 0.1) is 5.41 Å². The molecule has 1 fully saturated rings. The van der Waals surface area contributed by atoms with E-state index in [0.717, 1.165) is 0 Å². The molecule has 1 aliphatic heterocycles. The average molecular weight is 372 g/mol. The van der Waals surface area contributed by atoms with E-state index in [2.05, 4.69) is 0 Å². The van der Waals surface area contributed by atoms with Gasteiger partial charge in [0.25, 0.3) is 0 Å². The summed E-state index contributed by atoms with van der Waals surface area (Å²) < 4.78 is 21.6. The molecule has 4 atom stereocenters. The molecule has 0 radical (unpaired) electrons. The fraction of sp³-hybridized carbons (Fsp3) is 0.778. The van der Waals surface area contributed by atoms with E-state index < -0.39 is 53.2 Å². The lowest BCUT2D eigenvalue weighted by atomic mass is 9.66. The summed E-state index contributed by atoms with van der Waals surface area (Å²) in [4.78, 5) is 46.8. The molecule has 0 saturated carbocycles. The zero-order valence-electron chi connectivity index (χ0n) is 16.4. The van der Waals surface area contributed by atoms with Gasteiger partial charge in [-0.3, -0.25) is 19.2 Å². The van der Waals surface area contributed by atoms with Gasteiger partial charge < -0.3 is 18.9 Å². The zero-order valence-corrected chi connectivity index (χ0v) is 16.4. The van der Waals surface area contributed by atoms with Crippen molar-refractivity contribution in [1.82, 2.24) is 0 Å². The Hall–Kier alpha value is -2.12. The Labute approximate surface area is 153 Å². The van der Waals surface area contributed by atoms with Crippen LogP contribution in [0.3, 0.4) is 0 Å². The molecule has 0 aliphatic carbocycles. The molecule has 0 aromatic heterocycles. The predicted molar refractivity (Wildman–Crippen MR) is 89.8 cm³/mol. The third-order valence-electron chi connectivity index (χ3n) is 4.87. The van der Waals surface area contributed by atoms with Crippen LogP contribution in [-0.4, -0.2) is 47.8 Å². The molecule has 8 heteroatoms. The van der Waals surface area contributed by atoms with Crippen LogP contribution < -0.4 is 0 Å². The van der Waals surface area contributed by atoms with Gasteiger partial charge in [-0.05, 0) is 20.3 Å². The largest absolute Gasteiger partial charge is 0.459 e. The molecule has 1 saturated heterocycles. The van der Waals surface area contributed by atoms with Crippen molar-refractivity contribution >= 4 is 23.9 Å². The number of hydrogen-bond donors (Lipinski definition) is 0. The van der Waals surface area contributed by atoms with Gasteiger partial charge >= 0.3 is 23.9 Å². The van der Waals surface area contributed by atoms with Gasteiger partial charge in [0.1, 0.15) is 6.10 Å². The van der Waals surface area contributed by atoms with Crippen LogP contribution in [0.4, 0.5) is 0 Å². The SMILES string of the molecule is CC(=O)OC(C)C(OC(C)=O)C(OC(C)=O)C1(C)OC(=O)CCC1(C)C. The Morgan fingerprint density at radius 2 is 1.46 bits per heavy atom. The van der Waals surface area contributed by atoms with E-state index in [1.165, 1.54) is 27.7 Å². The molecule has 8 nitrogen and oxygen atoms in total. The first-order valence-electron chi connectivity index (χ1n) is 8.53. The van der Waals surface area contributed by atoms with Gasteiger partial charge in [0.2, 0.25) is 0 Å². The Morgan fingerprint density at radius 1 is 0.962 bits per heavy atom. The summed E-state index contributed by atoms with van der Waals surface area (Å²) in [5.41, 5.74) is -1.88. The van der Waals surface area contributed by atoms with E-state index in [0.29, 0.717) is 6.42 Å². The average Bonchev–Trinajstić information content (AvgIpc) is 2.46. The quantitative estimate of drug-likeness (QED) is 0.514. The summed E-state index contributed by atoms with van der Waals surface area (Å²) >= 11 is 0. The number of cyclic esters (lactones) is 1. The number of esters is 4. The van der Waals surface area contributed by atoms with E-state index in [9.17, 15) is 19.2 Å². The van der Waals surface area contributed by atoms with Gasteiger partial charge in [-0.1, -0.05) is 13.8 Å². The first kappa shape index (κ1) is 21.9. The van der Waals surface area contributed by atoms with Crippen molar-refractivity contribution in [3.63, 3.8) is 0 Å². The molecule has 0 N–H and O–H groups in total. The van der Waals surface area contributed by atoms with Gasteiger partial charge in [0.05, 0.1) is 0 Å². The second-order valence-corrected chi connectivity index (χ2v) is 7.38. The molecule has 0 aromatic rings. The molecule has 1 aliphatic rings. The summed E-state index contributed by atoms with van der Waals surface area (Å²) in [5.74, 6) is -2.30. The van der Waals surface area contributed by atoms with Crippen molar-refractivity contribution in [3.8, 4) is 0 Å². The summed E-state index contributed by atoms with van der Waals surface area (Å²) in [6.45, 7) is 10.5. The minimum atomic E-state index is -1.29. The molecular formula is C18H28O8. The van der Waals surface area contributed by atoms with Crippen molar-refractivity contribution < 1.29 is 38.1 Å². The van der Waals surface area contributed by atoms with Gasteiger partial charge in [-0.2, -0.15) is 0 Å². The van der Waals surface area contributed by atoms with Crippen LogP contribution in [0.2, 0.25) is 0 Å². The van der Waals surface area contributed by atoms with Crippen LogP contribution in [0.25, 0.3) is 0 Å². The van der Waals surface area contributed by atoms with E-state index in [-0.39, 0.29) is 6.42 Å². The van der Waals surface area contributed by atoms with Gasteiger partial charge in [-0.15, -0.1) is 0 Å². The van der Waals surface area contributed by atoms with E-state index >= 15 is 0 Å². The van der Waals surface area contributed by atoms with E-state index in [1.807, 2.05) is 13.8 Å². The number of ether oxygens (including phenoxy) is 4. The molecular weight excluding hydrogens is 344 g/mol. The first-order chi connectivity index (χ1) is 11.8. The van der Waals surface area contributed by atoms with Crippen molar-refractivity contribution in [3.05, 3.63) is 0 Å². The first-order valence-corrected chi connectivity index (χ1v) is 8.53.